The van der Waals surface area contributed by atoms with Crippen LogP contribution in [0.3, 0.4) is 0 Å². The Hall–Kier alpha value is -1.88. The highest BCUT2D eigenvalue weighted by atomic mass is 16.5. The Morgan fingerprint density at radius 2 is 1.80 bits per heavy atom. The molecule has 140 valence electrons. The van der Waals surface area contributed by atoms with Gasteiger partial charge in [-0.1, -0.05) is 51.1 Å². The third-order valence-corrected chi connectivity index (χ3v) is 4.60. The van der Waals surface area contributed by atoms with Gasteiger partial charge in [-0.25, -0.2) is 0 Å². The van der Waals surface area contributed by atoms with E-state index in [4.69, 9.17) is 10.5 Å². The van der Waals surface area contributed by atoms with Gasteiger partial charge in [-0.3, -0.25) is 9.59 Å². The van der Waals surface area contributed by atoms with E-state index >= 15 is 0 Å². The zero-order chi connectivity index (χ0) is 19.1. The van der Waals surface area contributed by atoms with Crippen molar-refractivity contribution in [3.63, 3.8) is 0 Å². The first-order valence-electron chi connectivity index (χ1n) is 8.85. The molecule has 0 bridgehead atoms. The normalized spacial score (nSPS) is 15.1. The van der Waals surface area contributed by atoms with Crippen molar-refractivity contribution in [3.8, 4) is 0 Å². The standard InChI is InChI=1S/C20H32N2O3/c1-6-20(5,13-19(3,4)14-21)22-17(23)15(2)18(24)25-12-16-10-8-7-9-11-16/h7-11,15H,6,12-14,21H2,1-5H3,(H,22,23). The fraction of sp³-hybridized carbons (Fsp3) is 0.600. The van der Waals surface area contributed by atoms with Crippen molar-refractivity contribution in [2.75, 3.05) is 6.54 Å². The minimum atomic E-state index is -0.851. The van der Waals surface area contributed by atoms with Gasteiger partial charge >= 0.3 is 5.97 Å². The van der Waals surface area contributed by atoms with Gasteiger partial charge in [-0.2, -0.15) is 0 Å². The second-order valence-corrected chi connectivity index (χ2v) is 7.76. The first kappa shape index (κ1) is 21.2. The molecule has 5 nitrogen and oxygen atoms in total. The van der Waals surface area contributed by atoms with E-state index in [-0.39, 0.29) is 17.9 Å². The molecule has 0 aliphatic heterocycles. The van der Waals surface area contributed by atoms with E-state index in [2.05, 4.69) is 19.2 Å². The Balaban J connectivity index is 2.62. The zero-order valence-electron chi connectivity index (χ0n) is 16.1. The van der Waals surface area contributed by atoms with E-state index in [0.717, 1.165) is 18.4 Å². The van der Waals surface area contributed by atoms with E-state index in [1.54, 1.807) is 6.92 Å². The summed E-state index contributed by atoms with van der Waals surface area (Å²) in [6.07, 6.45) is 1.50. The van der Waals surface area contributed by atoms with Crippen molar-refractivity contribution in [2.45, 2.75) is 59.6 Å². The average Bonchev–Trinajstić information content (AvgIpc) is 2.59. The Morgan fingerprint density at radius 3 is 2.32 bits per heavy atom. The molecule has 0 aliphatic carbocycles. The molecule has 1 amide bonds. The van der Waals surface area contributed by atoms with E-state index < -0.39 is 17.4 Å². The van der Waals surface area contributed by atoms with Crippen molar-refractivity contribution in [1.29, 1.82) is 0 Å². The Bertz CT molecular complexity index is 572. The number of esters is 1. The summed E-state index contributed by atoms with van der Waals surface area (Å²) < 4.78 is 5.26. The maximum atomic E-state index is 12.5. The van der Waals surface area contributed by atoms with Gasteiger partial charge in [-0.05, 0) is 44.2 Å². The molecular weight excluding hydrogens is 316 g/mol. The Labute approximate surface area is 151 Å². The lowest BCUT2D eigenvalue weighted by Gasteiger charge is -2.37. The van der Waals surface area contributed by atoms with Gasteiger partial charge in [0.2, 0.25) is 5.91 Å². The second kappa shape index (κ2) is 8.99. The second-order valence-electron chi connectivity index (χ2n) is 7.76. The Morgan fingerprint density at radius 1 is 1.20 bits per heavy atom. The lowest BCUT2D eigenvalue weighted by atomic mass is 9.77. The van der Waals surface area contributed by atoms with Crippen LogP contribution >= 0.6 is 0 Å². The van der Waals surface area contributed by atoms with Crippen molar-refractivity contribution < 1.29 is 14.3 Å². The van der Waals surface area contributed by atoms with Gasteiger partial charge in [0, 0.05) is 5.54 Å². The monoisotopic (exact) mass is 348 g/mol. The minimum Gasteiger partial charge on any atom is -0.460 e. The van der Waals surface area contributed by atoms with E-state index in [9.17, 15) is 9.59 Å². The topological polar surface area (TPSA) is 81.4 Å². The van der Waals surface area contributed by atoms with E-state index in [1.807, 2.05) is 44.2 Å². The fourth-order valence-electron chi connectivity index (χ4n) is 2.75. The summed E-state index contributed by atoms with van der Waals surface area (Å²) in [6.45, 7) is 10.4. The highest BCUT2D eigenvalue weighted by Gasteiger charge is 2.34. The highest BCUT2D eigenvalue weighted by molar-refractivity contribution is 5.97. The molecule has 0 aliphatic rings. The Kier molecular flexibility index (Phi) is 7.61. The van der Waals surface area contributed by atoms with Crippen LogP contribution in [0, 0.1) is 11.3 Å². The molecule has 0 spiro atoms. The summed E-state index contributed by atoms with van der Waals surface area (Å²) in [5.74, 6) is -1.68. The molecule has 0 radical (unpaired) electrons. The summed E-state index contributed by atoms with van der Waals surface area (Å²) in [5.41, 5.74) is 6.21. The van der Waals surface area contributed by atoms with Crippen LogP contribution in [-0.4, -0.2) is 24.0 Å². The van der Waals surface area contributed by atoms with Crippen LogP contribution in [0.15, 0.2) is 30.3 Å². The predicted octanol–water partition coefficient (Wildman–Crippen LogP) is 3.03. The van der Waals surface area contributed by atoms with Crippen LogP contribution in [-0.2, 0) is 20.9 Å². The summed E-state index contributed by atoms with van der Waals surface area (Å²) >= 11 is 0. The molecule has 3 N–H and O–H groups in total. The molecule has 25 heavy (non-hydrogen) atoms. The molecule has 0 saturated carbocycles. The first-order valence-corrected chi connectivity index (χ1v) is 8.85. The zero-order valence-corrected chi connectivity index (χ0v) is 16.1. The summed E-state index contributed by atoms with van der Waals surface area (Å²) in [4.78, 5) is 24.7. The van der Waals surface area contributed by atoms with Crippen LogP contribution in [0.4, 0.5) is 0 Å². The molecule has 1 aromatic carbocycles. The molecule has 0 saturated heterocycles. The predicted molar refractivity (Wildman–Crippen MR) is 99.7 cm³/mol. The number of ether oxygens (including phenoxy) is 1. The number of hydrogen-bond donors (Lipinski definition) is 2. The average molecular weight is 348 g/mol. The number of carbonyl (C=O) groups is 2. The van der Waals surface area contributed by atoms with Crippen LogP contribution in [0.5, 0.6) is 0 Å². The van der Waals surface area contributed by atoms with Gasteiger partial charge < -0.3 is 15.8 Å². The van der Waals surface area contributed by atoms with Crippen LogP contribution in [0.1, 0.15) is 53.0 Å². The molecule has 0 heterocycles. The number of benzene rings is 1. The smallest absolute Gasteiger partial charge is 0.318 e. The van der Waals surface area contributed by atoms with Crippen molar-refractivity contribution in [1.82, 2.24) is 5.32 Å². The molecular formula is C20H32N2O3. The quantitative estimate of drug-likeness (QED) is 0.531. The number of amides is 1. The van der Waals surface area contributed by atoms with Gasteiger partial charge in [0.05, 0.1) is 0 Å². The maximum Gasteiger partial charge on any atom is 0.318 e. The highest BCUT2D eigenvalue weighted by Crippen LogP contribution is 2.29. The lowest BCUT2D eigenvalue weighted by molar-refractivity contribution is -0.153. The van der Waals surface area contributed by atoms with Crippen LogP contribution in [0.2, 0.25) is 0 Å². The van der Waals surface area contributed by atoms with Gasteiger partial charge in [0.15, 0.2) is 0 Å². The summed E-state index contributed by atoms with van der Waals surface area (Å²) in [7, 11) is 0. The van der Waals surface area contributed by atoms with E-state index in [0.29, 0.717) is 6.54 Å². The van der Waals surface area contributed by atoms with Crippen LogP contribution in [0.25, 0.3) is 0 Å². The summed E-state index contributed by atoms with van der Waals surface area (Å²) in [6, 6.07) is 9.41. The molecule has 2 atom stereocenters. The SMILES string of the molecule is CCC(C)(CC(C)(C)CN)NC(=O)C(C)C(=O)OCc1ccccc1. The number of nitrogens with two attached hydrogens (primary N) is 1. The third-order valence-electron chi connectivity index (χ3n) is 4.60. The van der Waals surface area contributed by atoms with Gasteiger partial charge in [0.25, 0.3) is 0 Å². The van der Waals surface area contributed by atoms with E-state index in [1.165, 1.54) is 0 Å². The lowest BCUT2D eigenvalue weighted by Crippen LogP contribution is -2.51. The maximum absolute atomic E-state index is 12.5. The first-order chi connectivity index (χ1) is 11.6. The van der Waals surface area contributed by atoms with Crippen molar-refractivity contribution in [2.24, 2.45) is 17.1 Å². The fourth-order valence-corrected chi connectivity index (χ4v) is 2.75. The number of nitrogens with one attached hydrogen (secondary N) is 1. The number of rotatable bonds is 9. The molecule has 2 unspecified atom stereocenters. The summed E-state index contributed by atoms with van der Waals surface area (Å²) in [5, 5.41) is 3.02. The molecule has 0 aromatic heterocycles. The molecule has 5 heteroatoms. The van der Waals surface area contributed by atoms with Crippen molar-refractivity contribution >= 4 is 11.9 Å². The molecule has 0 fully saturated rings. The molecule has 1 aromatic rings. The van der Waals surface area contributed by atoms with Crippen molar-refractivity contribution in [3.05, 3.63) is 35.9 Å². The van der Waals surface area contributed by atoms with Gasteiger partial charge in [-0.15, -0.1) is 0 Å². The van der Waals surface area contributed by atoms with Crippen LogP contribution < -0.4 is 11.1 Å². The third kappa shape index (κ3) is 6.86. The minimum absolute atomic E-state index is 0.0882. The van der Waals surface area contributed by atoms with Gasteiger partial charge in [0.1, 0.15) is 12.5 Å². The largest absolute Gasteiger partial charge is 0.460 e. The number of carbonyl (C=O) groups excluding carboxylic acids is 2. The molecule has 1 rings (SSSR count). The number of hydrogen-bond acceptors (Lipinski definition) is 4.